The van der Waals surface area contributed by atoms with Crippen LogP contribution in [0.1, 0.15) is 41.1 Å². The van der Waals surface area contributed by atoms with Crippen LogP contribution in [0.3, 0.4) is 0 Å². The third-order valence-electron chi connectivity index (χ3n) is 5.83. The van der Waals surface area contributed by atoms with Crippen LogP contribution in [0.2, 0.25) is 0 Å². The van der Waals surface area contributed by atoms with E-state index in [2.05, 4.69) is 24.0 Å². The highest BCUT2D eigenvalue weighted by atomic mass is 16.5. The van der Waals surface area contributed by atoms with Gasteiger partial charge in [0.05, 0.1) is 21.3 Å². The summed E-state index contributed by atoms with van der Waals surface area (Å²) in [5.41, 5.74) is 4.97. The van der Waals surface area contributed by atoms with Crippen molar-refractivity contribution in [3.05, 3.63) is 46.5 Å². The lowest BCUT2D eigenvalue weighted by atomic mass is 9.77. The minimum absolute atomic E-state index is 0.209. The average Bonchev–Trinajstić information content (AvgIpc) is 2.66. The molecular weight excluding hydrogens is 330 g/mol. The van der Waals surface area contributed by atoms with Gasteiger partial charge in [-0.1, -0.05) is 13.0 Å². The second-order valence-corrected chi connectivity index (χ2v) is 7.05. The van der Waals surface area contributed by atoms with Crippen molar-refractivity contribution in [2.24, 2.45) is 0 Å². The topological polar surface area (TPSA) is 51.2 Å². The van der Waals surface area contributed by atoms with Crippen molar-refractivity contribution < 1.29 is 19.3 Å². The SMILES string of the molecule is COc1cc2c(cc1OC)C1C(C)c3ccc(O)c(OC)c3CN1CC2. The van der Waals surface area contributed by atoms with Gasteiger partial charge in [0.2, 0.25) is 0 Å². The van der Waals surface area contributed by atoms with Crippen LogP contribution in [0.15, 0.2) is 24.3 Å². The van der Waals surface area contributed by atoms with Gasteiger partial charge in [-0.2, -0.15) is 0 Å². The van der Waals surface area contributed by atoms with Gasteiger partial charge in [-0.25, -0.2) is 0 Å². The molecule has 0 fully saturated rings. The molecule has 2 aromatic rings. The number of methoxy groups -OCH3 is 3. The Labute approximate surface area is 154 Å². The van der Waals surface area contributed by atoms with Crippen molar-refractivity contribution in [1.29, 1.82) is 0 Å². The zero-order chi connectivity index (χ0) is 18.4. The van der Waals surface area contributed by atoms with Gasteiger partial charge >= 0.3 is 0 Å². The van der Waals surface area contributed by atoms with Crippen LogP contribution in [0.5, 0.6) is 23.0 Å². The molecule has 0 radical (unpaired) electrons. The number of hydrogen-bond donors (Lipinski definition) is 1. The van der Waals surface area contributed by atoms with Crippen LogP contribution in [0.25, 0.3) is 0 Å². The Kier molecular flexibility index (Phi) is 4.19. The Hall–Kier alpha value is -2.40. The third kappa shape index (κ3) is 2.42. The fourth-order valence-corrected chi connectivity index (χ4v) is 4.61. The maximum Gasteiger partial charge on any atom is 0.165 e. The Balaban J connectivity index is 1.83. The number of rotatable bonds is 3. The maximum atomic E-state index is 10.2. The van der Waals surface area contributed by atoms with E-state index in [4.69, 9.17) is 14.2 Å². The van der Waals surface area contributed by atoms with Gasteiger partial charge < -0.3 is 19.3 Å². The number of ether oxygens (including phenoxy) is 3. The van der Waals surface area contributed by atoms with Crippen LogP contribution in [0.4, 0.5) is 0 Å². The highest BCUT2D eigenvalue weighted by Crippen LogP contribution is 2.50. The summed E-state index contributed by atoms with van der Waals surface area (Å²) in [5, 5.41) is 10.2. The number of fused-ring (bicyclic) bond motifs is 4. The monoisotopic (exact) mass is 355 g/mol. The Morgan fingerprint density at radius 2 is 1.73 bits per heavy atom. The molecule has 5 heteroatoms. The van der Waals surface area contributed by atoms with E-state index in [-0.39, 0.29) is 17.7 Å². The van der Waals surface area contributed by atoms with Gasteiger partial charge in [-0.15, -0.1) is 0 Å². The minimum atomic E-state index is 0.209. The van der Waals surface area contributed by atoms with Crippen molar-refractivity contribution in [3.63, 3.8) is 0 Å². The molecule has 4 rings (SSSR count). The molecular formula is C21H25NO4. The molecule has 2 aliphatic heterocycles. The molecule has 2 aromatic carbocycles. The van der Waals surface area contributed by atoms with Gasteiger partial charge in [-0.05, 0) is 41.3 Å². The molecule has 1 N–H and O–H groups in total. The molecule has 0 bridgehead atoms. The van der Waals surface area contributed by atoms with E-state index in [0.717, 1.165) is 36.6 Å². The summed E-state index contributed by atoms with van der Waals surface area (Å²) in [7, 11) is 4.98. The Bertz CT molecular complexity index is 848. The Morgan fingerprint density at radius 1 is 1.00 bits per heavy atom. The highest BCUT2D eigenvalue weighted by molar-refractivity contribution is 5.55. The predicted octanol–water partition coefficient (Wildman–Crippen LogP) is 3.63. The van der Waals surface area contributed by atoms with E-state index in [1.54, 1.807) is 27.4 Å². The standard InChI is InChI=1S/C21H25NO4/c1-12-14-5-6-17(23)21(26-4)16(14)11-22-8-7-13-9-18(24-2)19(25-3)10-15(13)20(12)22/h5-6,9-10,12,20,23H,7-8,11H2,1-4H3. The van der Waals surface area contributed by atoms with E-state index < -0.39 is 0 Å². The summed E-state index contributed by atoms with van der Waals surface area (Å²) < 4.78 is 16.5. The number of nitrogens with zero attached hydrogens (tertiary/aromatic N) is 1. The minimum Gasteiger partial charge on any atom is -0.504 e. The van der Waals surface area contributed by atoms with Gasteiger partial charge in [0.15, 0.2) is 23.0 Å². The number of hydrogen-bond acceptors (Lipinski definition) is 5. The van der Waals surface area contributed by atoms with Crippen LogP contribution in [-0.2, 0) is 13.0 Å². The van der Waals surface area contributed by atoms with E-state index in [1.165, 1.54) is 16.7 Å². The summed E-state index contributed by atoms with van der Waals surface area (Å²) in [6, 6.07) is 8.29. The molecule has 0 saturated carbocycles. The summed E-state index contributed by atoms with van der Waals surface area (Å²) in [5.74, 6) is 2.65. The summed E-state index contributed by atoms with van der Waals surface area (Å²) in [6.07, 6.45) is 0.968. The number of benzene rings is 2. The largest absolute Gasteiger partial charge is 0.504 e. The fraction of sp³-hybridized carbons (Fsp3) is 0.429. The third-order valence-corrected chi connectivity index (χ3v) is 5.83. The van der Waals surface area contributed by atoms with E-state index in [9.17, 15) is 5.11 Å². The molecule has 26 heavy (non-hydrogen) atoms. The second-order valence-electron chi connectivity index (χ2n) is 7.05. The van der Waals surface area contributed by atoms with Crippen molar-refractivity contribution in [2.45, 2.75) is 31.8 Å². The van der Waals surface area contributed by atoms with E-state index in [1.807, 2.05) is 6.07 Å². The number of phenols is 1. The molecule has 2 atom stereocenters. The van der Waals surface area contributed by atoms with E-state index in [0.29, 0.717) is 5.75 Å². The molecule has 2 aliphatic rings. The van der Waals surface area contributed by atoms with Crippen LogP contribution >= 0.6 is 0 Å². The van der Waals surface area contributed by atoms with E-state index >= 15 is 0 Å². The molecule has 0 amide bonds. The maximum absolute atomic E-state index is 10.2. The molecule has 5 nitrogen and oxygen atoms in total. The van der Waals surface area contributed by atoms with Crippen LogP contribution in [-0.4, -0.2) is 37.9 Å². The summed E-state index contributed by atoms with van der Waals surface area (Å²) >= 11 is 0. The molecule has 0 aliphatic carbocycles. The molecule has 2 unspecified atom stereocenters. The number of phenolic OH excluding ortho intramolecular Hbond substituents is 1. The zero-order valence-corrected chi connectivity index (χ0v) is 15.7. The van der Waals surface area contributed by atoms with Crippen molar-refractivity contribution >= 4 is 0 Å². The second kappa shape index (κ2) is 6.40. The van der Waals surface area contributed by atoms with Gasteiger partial charge in [0, 0.05) is 30.6 Å². The first kappa shape index (κ1) is 17.0. The van der Waals surface area contributed by atoms with Gasteiger partial charge in [0.1, 0.15) is 0 Å². The van der Waals surface area contributed by atoms with Crippen molar-refractivity contribution in [1.82, 2.24) is 4.90 Å². The smallest absolute Gasteiger partial charge is 0.165 e. The fourth-order valence-electron chi connectivity index (χ4n) is 4.61. The van der Waals surface area contributed by atoms with Gasteiger partial charge in [0.25, 0.3) is 0 Å². The summed E-state index contributed by atoms with van der Waals surface area (Å²) in [6.45, 7) is 3.99. The molecule has 0 saturated heterocycles. The van der Waals surface area contributed by atoms with Crippen molar-refractivity contribution in [2.75, 3.05) is 27.9 Å². The lowest BCUT2D eigenvalue weighted by molar-refractivity contribution is 0.136. The van der Waals surface area contributed by atoms with Crippen LogP contribution < -0.4 is 14.2 Å². The lowest BCUT2D eigenvalue weighted by Crippen LogP contribution is -2.41. The molecule has 2 heterocycles. The first-order chi connectivity index (χ1) is 12.6. The first-order valence-electron chi connectivity index (χ1n) is 8.96. The van der Waals surface area contributed by atoms with Gasteiger partial charge in [-0.3, -0.25) is 4.90 Å². The quantitative estimate of drug-likeness (QED) is 0.911. The predicted molar refractivity (Wildman–Crippen MR) is 99.5 cm³/mol. The van der Waals surface area contributed by atoms with Crippen molar-refractivity contribution in [3.8, 4) is 23.0 Å². The summed E-state index contributed by atoms with van der Waals surface area (Å²) in [4.78, 5) is 2.48. The van der Waals surface area contributed by atoms with Crippen LogP contribution in [0, 0.1) is 0 Å². The zero-order valence-electron chi connectivity index (χ0n) is 15.7. The lowest BCUT2D eigenvalue weighted by Gasteiger charge is -2.45. The molecule has 138 valence electrons. The molecule has 0 aromatic heterocycles. The molecule has 0 spiro atoms. The highest BCUT2D eigenvalue weighted by Gasteiger charge is 2.39. The normalized spacial score (nSPS) is 21.4. The Morgan fingerprint density at radius 3 is 2.42 bits per heavy atom. The number of aromatic hydroxyl groups is 1. The average molecular weight is 355 g/mol. The first-order valence-corrected chi connectivity index (χ1v) is 8.96.